The Morgan fingerprint density at radius 1 is 1.09 bits per heavy atom. The molecule has 2 atom stereocenters. The van der Waals surface area contributed by atoms with Gasteiger partial charge in [0.15, 0.2) is 6.10 Å². The summed E-state index contributed by atoms with van der Waals surface area (Å²) in [4.78, 5) is 20.8. The van der Waals surface area contributed by atoms with Crippen molar-refractivity contribution in [3.05, 3.63) is 10.1 Å². The van der Waals surface area contributed by atoms with Gasteiger partial charge >= 0.3 is 0 Å². The average molecular weight is 325 g/mol. The summed E-state index contributed by atoms with van der Waals surface area (Å²) >= 11 is 0. The maximum Gasteiger partial charge on any atom is 0.249 e. The van der Waals surface area contributed by atoms with Crippen molar-refractivity contribution in [2.45, 2.75) is 96.1 Å². The van der Waals surface area contributed by atoms with Gasteiger partial charge in [0, 0.05) is 24.2 Å². The van der Waals surface area contributed by atoms with Crippen LogP contribution >= 0.6 is 0 Å². The van der Waals surface area contributed by atoms with Crippen molar-refractivity contribution in [2.75, 3.05) is 0 Å². The van der Waals surface area contributed by atoms with Crippen molar-refractivity contribution in [1.82, 2.24) is 0 Å². The minimum atomic E-state index is -1.17. The number of rotatable bonds is 14. The van der Waals surface area contributed by atoms with Crippen LogP contribution in [0.3, 0.4) is 0 Å². The van der Waals surface area contributed by atoms with Crippen molar-refractivity contribution in [3.8, 4) is 11.8 Å². The SMILES string of the molecule is CCCCCCC(C(O)C#CCCCCCCCC=O)[N+](=O)[O-]. The predicted molar refractivity (Wildman–Crippen MR) is 91.7 cm³/mol. The molecule has 132 valence electrons. The number of aliphatic hydroxyl groups is 1. The molecule has 1 N–H and O–H groups in total. The van der Waals surface area contributed by atoms with Crippen LogP contribution in [0.5, 0.6) is 0 Å². The van der Waals surface area contributed by atoms with Gasteiger partial charge in [-0.3, -0.25) is 10.1 Å². The minimum Gasteiger partial charge on any atom is -0.374 e. The molecule has 0 aliphatic rings. The summed E-state index contributed by atoms with van der Waals surface area (Å²) in [5.41, 5.74) is 0. The molecule has 0 aliphatic carbocycles. The third kappa shape index (κ3) is 12.8. The van der Waals surface area contributed by atoms with Crippen LogP contribution in [-0.2, 0) is 4.79 Å². The zero-order valence-corrected chi connectivity index (χ0v) is 14.3. The van der Waals surface area contributed by atoms with Crippen molar-refractivity contribution in [2.24, 2.45) is 0 Å². The number of hydrogen-bond donors (Lipinski definition) is 1. The molecule has 0 fully saturated rings. The number of carbonyl (C=O) groups is 1. The van der Waals surface area contributed by atoms with Crippen LogP contribution in [0.2, 0.25) is 0 Å². The van der Waals surface area contributed by atoms with E-state index in [9.17, 15) is 20.0 Å². The van der Waals surface area contributed by atoms with E-state index >= 15 is 0 Å². The maximum absolute atomic E-state index is 11.0. The Balaban J connectivity index is 3.91. The molecule has 0 aromatic rings. The Morgan fingerprint density at radius 3 is 2.39 bits per heavy atom. The Hall–Kier alpha value is -1.41. The van der Waals surface area contributed by atoms with Gasteiger partial charge in [-0.2, -0.15) is 0 Å². The van der Waals surface area contributed by atoms with E-state index in [4.69, 9.17) is 0 Å². The number of aliphatic hydroxyl groups excluding tert-OH is 1. The molecule has 5 heteroatoms. The lowest BCUT2D eigenvalue weighted by Gasteiger charge is -2.11. The zero-order valence-electron chi connectivity index (χ0n) is 14.3. The van der Waals surface area contributed by atoms with E-state index in [-0.39, 0.29) is 0 Å². The standard InChI is InChI=1S/C18H31NO4/c1-2-3-4-11-14-17(19(22)23)18(21)15-12-9-7-5-6-8-10-13-16-20/h16-18,21H,2-11,13-14H2,1H3. The number of hydrogen-bond acceptors (Lipinski definition) is 4. The summed E-state index contributed by atoms with van der Waals surface area (Å²) in [6.07, 6.45) is 10.4. The lowest BCUT2D eigenvalue weighted by Crippen LogP contribution is -2.32. The molecule has 0 bridgehead atoms. The first kappa shape index (κ1) is 21.6. The molecule has 5 nitrogen and oxygen atoms in total. The number of nitro groups is 1. The quantitative estimate of drug-likeness (QED) is 0.173. The second kappa shape index (κ2) is 15.5. The lowest BCUT2D eigenvalue weighted by molar-refractivity contribution is -0.532. The van der Waals surface area contributed by atoms with Crippen molar-refractivity contribution < 1.29 is 14.8 Å². The van der Waals surface area contributed by atoms with E-state index in [2.05, 4.69) is 18.8 Å². The van der Waals surface area contributed by atoms with E-state index in [1.807, 2.05) is 0 Å². The highest BCUT2D eigenvalue weighted by molar-refractivity contribution is 5.48. The normalized spacial score (nSPS) is 13.0. The molecule has 2 unspecified atom stereocenters. The number of carbonyl (C=O) groups excluding carboxylic acids is 1. The number of nitrogens with zero attached hydrogens (tertiary/aromatic N) is 1. The monoisotopic (exact) mass is 325 g/mol. The summed E-state index contributed by atoms with van der Waals surface area (Å²) in [6, 6.07) is -0.970. The number of unbranched alkanes of at least 4 members (excludes halogenated alkanes) is 9. The highest BCUT2D eigenvalue weighted by Crippen LogP contribution is 2.11. The predicted octanol–water partition coefficient (Wildman–Crippen LogP) is 3.90. The van der Waals surface area contributed by atoms with Gasteiger partial charge in [0.25, 0.3) is 0 Å². The fraction of sp³-hybridized carbons (Fsp3) is 0.833. The van der Waals surface area contributed by atoms with E-state index in [1.54, 1.807) is 0 Å². The van der Waals surface area contributed by atoms with Crippen LogP contribution in [0.1, 0.15) is 84.0 Å². The van der Waals surface area contributed by atoms with E-state index in [0.717, 1.165) is 64.1 Å². The van der Waals surface area contributed by atoms with Gasteiger partial charge in [-0.1, -0.05) is 51.4 Å². The zero-order chi connectivity index (χ0) is 17.3. The summed E-state index contributed by atoms with van der Waals surface area (Å²) in [6.45, 7) is 2.09. The first-order valence-corrected chi connectivity index (χ1v) is 8.87. The van der Waals surface area contributed by atoms with E-state index in [1.165, 1.54) is 0 Å². The van der Waals surface area contributed by atoms with Gasteiger partial charge in [0.1, 0.15) is 6.29 Å². The fourth-order valence-electron chi connectivity index (χ4n) is 2.40. The van der Waals surface area contributed by atoms with Gasteiger partial charge in [-0.15, -0.1) is 5.92 Å². The molecule has 23 heavy (non-hydrogen) atoms. The molecule has 0 aromatic heterocycles. The van der Waals surface area contributed by atoms with Gasteiger partial charge < -0.3 is 9.90 Å². The average Bonchev–Trinajstić information content (AvgIpc) is 2.52. The molecule has 0 saturated carbocycles. The van der Waals surface area contributed by atoms with Gasteiger partial charge in [0.05, 0.1) is 0 Å². The fourth-order valence-corrected chi connectivity index (χ4v) is 2.40. The molecule has 0 spiro atoms. The smallest absolute Gasteiger partial charge is 0.249 e. The molecule has 0 radical (unpaired) electrons. The Morgan fingerprint density at radius 2 is 1.74 bits per heavy atom. The third-order valence-corrected chi connectivity index (χ3v) is 3.86. The lowest BCUT2D eigenvalue weighted by atomic mass is 10.0. The van der Waals surface area contributed by atoms with Crippen LogP contribution in [0.15, 0.2) is 0 Å². The molecule has 0 aliphatic heterocycles. The first-order valence-electron chi connectivity index (χ1n) is 8.87. The third-order valence-electron chi connectivity index (χ3n) is 3.86. The molecule has 0 heterocycles. The Kier molecular flexibility index (Phi) is 14.5. The molecular formula is C18H31NO4. The molecule has 0 rings (SSSR count). The highest BCUT2D eigenvalue weighted by Gasteiger charge is 2.27. The molecule has 0 amide bonds. The summed E-state index contributed by atoms with van der Waals surface area (Å²) in [7, 11) is 0. The second-order valence-corrected chi connectivity index (χ2v) is 5.94. The van der Waals surface area contributed by atoms with Crippen molar-refractivity contribution in [1.29, 1.82) is 0 Å². The Bertz CT molecular complexity index is 373. The first-order chi connectivity index (χ1) is 11.1. The molecule has 0 saturated heterocycles. The van der Waals surface area contributed by atoms with Crippen LogP contribution in [-0.4, -0.2) is 28.5 Å². The van der Waals surface area contributed by atoms with Crippen LogP contribution in [0, 0.1) is 22.0 Å². The summed E-state index contributed by atoms with van der Waals surface area (Å²) < 4.78 is 0. The summed E-state index contributed by atoms with van der Waals surface area (Å²) in [5.74, 6) is 5.50. The minimum absolute atomic E-state index is 0.388. The van der Waals surface area contributed by atoms with Crippen LogP contribution in [0.4, 0.5) is 0 Å². The van der Waals surface area contributed by atoms with E-state index in [0.29, 0.717) is 19.3 Å². The largest absolute Gasteiger partial charge is 0.374 e. The highest BCUT2D eigenvalue weighted by atomic mass is 16.6. The van der Waals surface area contributed by atoms with Crippen molar-refractivity contribution in [3.63, 3.8) is 0 Å². The summed E-state index contributed by atoms with van der Waals surface area (Å²) in [5, 5.41) is 20.9. The van der Waals surface area contributed by atoms with Gasteiger partial charge in [-0.05, 0) is 19.3 Å². The second-order valence-electron chi connectivity index (χ2n) is 5.94. The van der Waals surface area contributed by atoms with Gasteiger partial charge in [-0.25, -0.2) is 0 Å². The maximum atomic E-state index is 11.0. The van der Waals surface area contributed by atoms with Crippen LogP contribution in [0.25, 0.3) is 0 Å². The Labute approximate surface area is 140 Å². The van der Waals surface area contributed by atoms with Crippen LogP contribution < -0.4 is 0 Å². The molecular weight excluding hydrogens is 294 g/mol. The molecule has 0 aromatic carbocycles. The van der Waals surface area contributed by atoms with Gasteiger partial charge in [0.2, 0.25) is 6.04 Å². The number of aldehydes is 1. The van der Waals surface area contributed by atoms with E-state index < -0.39 is 17.1 Å². The van der Waals surface area contributed by atoms with Crippen molar-refractivity contribution >= 4 is 6.29 Å². The topological polar surface area (TPSA) is 80.4 Å².